The third-order valence-corrected chi connectivity index (χ3v) is 6.62. The Hall–Kier alpha value is -4.05. The monoisotopic (exact) mass is 512 g/mol. The Balaban J connectivity index is 2.10. The van der Waals surface area contributed by atoms with Gasteiger partial charge in [0.25, 0.3) is 5.56 Å². The fourth-order valence-corrected chi connectivity index (χ4v) is 5.13. The molecule has 2 heterocycles. The molecule has 2 aromatic carbocycles. The number of nitrogens with two attached hydrogens (primary N) is 1. The summed E-state index contributed by atoms with van der Waals surface area (Å²) >= 11 is 0.979. The molecule has 1 aliphatic rings. The molecular weight excluding hydrogens is 490 g/mol. The first kappa shape index (κ1) is 25.1. The van der Waals surface area contributed by atoms with E-state index in [1.54, 1.807) is 13.8 Å². The van der Waals surface area contributed by atoms with E-state index in [4.69, 9.17) is 15.2 Å². The van der Waals surface area contributed by atoms with Crippen molar-refractivity contribution in [1.29, 1.82) is 0 Å². The summed E-state index contributed by atoms with van der Waals surface area (Å²) in [7, 11) is 0. The lowest BCUT2D eigenvalue weighted by molar-refractivity contribution is -0.138. The Labute approximate surface area is 208 Å². The van der Waals surface area contributed by atoms with Crippen molar-refractivity contribution in [3.8, 4) is 0 Å². The number of ether oxygens (including phenoxy) is 2. The molecule has 36 heavy (non-hydrogen) atoms. The van der Waals surface area contributed by atoms with Gasteiger partial charge >= 0.3 is 11.9 Å². The molecule has 186 valence electrons. The van der Waals surface area contributed by atoms with Crippen molar-refractivity contribution in [2.45, 2.75) is 19.8 Å². The number of thiazole rings is 1. The second-order valence-corrected chi connectivity index (χ2v) is 8.78. The first-order valence-electron chi connectivity index (χ1n) is 11.1. The number of hydrogen-bond donors (Lipinski definition) is 1. The largest absolute Gasteiger partial charge is 0.463 e. The number of aromatic nitrogens is 1. The van der Waals surface area contributed by atoms with Crippen LogP contribution in [0.1, 0.15) is 30.9 Å². The van der Waals surface area contributed by atoms with E-state index in [0.717, 1.165) is 15.9 Å². The number of benzene rings is 2. The standard InChI is InChI=1S/C26H22F2N2O5S/c1-3-34-25(32)20-19(15-7-11-17(28)12-8-15)21(26(33)35-4-2)24-30(22(20)29)23(31)18(36-24)13-14-5-9-16(27)10-6-14/h5-13,19H,3-4,29H2,1-2H3/b18-13-/t19-/m0/s1. The lowest BCUT2D eigenvalue weighted by Crippen LogP contribution is -2.42. The highest BCUT2D eigenvalue weighted by molar-refractivity contribution is 7.07. The minimum absolute atomic E-state index is 0.00145. The number of esters is 2. The average molecular weight is 513 g/mol. The van der Waals surface area contributed by atoms with E-state index in [1.807, 2.05) is 0 Å². The summed E-state index contributed by atoms with van der Waals surface area (Å²) in [5.41, 5.74) is 6.63. The number of nitrogens with zero attached hydrogens (tertiary/aromatic N) is 1. The number of halogens is 2. The van der Waals surface area contributed by atoms with E-state index in [1.165, 1.54) is 54.6 Å². The van der Waals surface area contributed by atoms with Crippen molar-refractivity contribution in [3.05, 3.63) is 96.4 Å². The molecule has 0 saturated heterocycles. The molecule has 0 fully saturated rings. The second kappa shape index (κ2) is 10.3. The van der Waals surface area contributed by atoms with Gasteiger partial charge in [-0.3, -0.25) is 9.36 Å². The third kappa shape index (κ3) is 4.59. The zero-order valence-corrected chi connectivity index (χ0v) is 20.2. The molecule has 0 unspecified atom stereocenters. The van der Waals surface area contributed by atoms with Crippen LogP contribution in [-0.2, 0) is 19.1 Å². The van der Waals surface area contributed by atoms with Crippen LogP contribution in [0.4, 0.5) is 8.78 Å². The zero-order valence-electron chi connectivity index (χ0n) is 19.4. The molecule has 10 heteroatoms. The minimum Gasteiger partial charge on any atom is -0.463 e. The van der Waals surface area contributed by atoms with Crippen LogP contribution in [0.2, 0.25) is 0 Å². The van der Waals surface area contributed by atoms with Gasteiger partial charge in [-0.2, -0.15) is 0 Å². The van der Waals surface area contributed by atoms with E-state index in [9.17, 15) is 23.2 Å². The summed E-state index contributed by atoms with van der Waals surface area (Å²) in [6.45, 7) is 3.30. The summed E-state index contributed by atoms with van der Waals surface area (Å²) in [6.07, 6.45) is 1.53. The van der Waals surface area contributed by atoms with Gasteiger partial charge in [-0.15, -0.1) is 11.3 Å². The van der Waals surface area contributed by atoms with Crippen LogP contribution in [0.3, 0.4) is 0 Å². The molecule has 1 atom stereocenters. The van der Waals surface area contributed by atoms with Gasteiger partial charge in [-0.1, -0.05) is 24.3 Å². The van der Waals surface area contributed by atoms with Gasteiger partial charge in [0.05, 0.1) is 34.8 Å². The second-order valence-electron chi connectivity index (χ2n) is 7.75. The highest BCUT2D eigenvalue weighted by Gasteiger charge is 2.39. The van der Waals surface area contributed by atoms with Gasteiger partial charge in [0.1, 0.15) is 22.1 Å². The van der Waals surface area contributed by atoms with Crippen molar-refractivity contribution in [2.24, 2.45) is 5.73 Å². The maximum Gasteiger partial charge on any atom is 0.338 e. The summed E-state index contributed by atoms with van der Waals surface area (Å²) in [5, 5.41) is 0. The van der Waals surface area contributed by atoms with Crippen molar-refractivity contribution in [3.63, 3.8) is 0 Å². The molecule has 4 rings (SSSR count). The van der Waals surface area contributed by atoms with Gasteiger partial charge in [0.15, 0.2) is 0 Å². The SMILES string of the molecule is CCOC(=O)C1=C(N)n2c(s/c(=C\c3ccc(F)cc3)c2=O)=C(C(=O)OCC)[C@H]1c1ccc(F)cc1. The number of carbonyl (C=O) groups is 2. The summed E-state index contributed by atoms with van der Waals surface area (Å²) in [6, 6.07) is 10.8. The lowest BCUT2D eigenvalue weighted by atomic mass is 9.83. The summed E-state index contributed by atoms with van der Waals surface area (Å²) in [5.74, 6) is -3.79. The Morgan fingerprint density at radius 3 is 2.03 bits per heavy atom. The molecule has 2 N–H and O–H groups in total. The van der Waals surface area contributed by atoms with Gasteiger partial charge in [0, 0.05) is 0 Å². The first-order valence-corrected chi connectivity index (χ1v) is 11.9. The van der Waals surface area contributed by atoms with E-state index in [0.29, 0.717) is 11.1 Å². The van der Waals surface area contributed by atoms with E-state index in [2.05, 4.69) is 0 Å². The van der Waals surface area contributed by atoms with Crippen molar-refractivity contribution in [2.75, 3.05) is 13.2 Å². The summed E-state index contributed by atoms with van der Waals surface area (Å²) in [4.78, 5) is 39.8. The molecule has 7 nitrogen and oxygen atoms in total. The average Bonchev–Trinajstić information content (AvgIpc) is 3.17. The maximum absolute atomic E-state index is 13.7. The van der Waals surface area contributed by atoms with E-state index >= 15 is 0 Å². The van der Waals surface area contributed by atoms with Gasteiger partial charge in [-0.05, 0) is 55.3 Å². The van der Waals surface area contributed by atoms with Gasteiger partial charge in [0.2, 0.25) is 0 Å². The molecule has 0 spiro atoms. The normalized spacial score (nSPS) is 15.6. The Morgan fingerprint density at radius 2 is 1.47 bits per heavy atom. The van der Waals surface area contributed by atoms with Crippen molar-refractivity contribution in [1.82, 2.24) is 4.57 Å². The molecule has 1 aromatic heterocycles. The Bertz CT molecular complexity index is 1540. The third-order valence-electron chi connectivity index (χ3n) is 5.51. The van der Waals surface area contributed by atoms with Crippen LogP contribution in [0.25, 0.3) is 17.5 Å². The number of carbonyl (C=O) groups excluding carboxylic acids is 2. The number of hydrogen-bond acceptors (Lipinski definition) is 7. The summed E-state index contributed by atoms with van der Waals surface area (Å²) < 4.78 is 39.0. The van der Waals surface area contributed by atoms with Crippen LogP contribution < -0.4 is 20.5 Å². The highest BCUT2D eigenvalue weighted by atomic mass is 32.1. The van der Waals surface area contributed by atoms with Crippen LogP contribution in [0, 0.1) is 11.6 Å². The molecular formula is C26H22F2N2O5S. The molecule has 0 saturated carbocycles. The predicted molar refractivity (Wildman–Crippen MR) is 131 cm³/mol. The fourth-order valence-electron chi connectivity index (χ4n) is 3.96. The molecule has 0 aliphatic carbocycles. The quantitative estimate of drug-likeness (QED) is 0.509. The van der Waals surface area contributed by atoms with E-state index < -0.39 is 35.1 Å². The number of fused-ring (bicyclic) bond motifs is 1. The van der Waals surface area contributed by atoms with Crippen molar-refractivity contribution < 1.29 is 27.8 Å². The molecule has 3 aromatic rings. The smallest absolute Gasteiger partial charge is 0.338 e. The van der Waals surface area contributed by atoms with Crippen LogP contribution in [-0.4, -0.2) is 29.7 Å². The van der Waals surface area contributed by atoms with Gasteiger partial charge in [-0.25, -0.2) is 18.4 Å². The lowest BCUT2D eigenvalue weighted by Gasteiger charge is -2.27. The molecule has 0 radical (unpaired) electrons. The predicted octanol–water partition coefficient (Wildman–Crippen LogP) is 2.22. The number of rotatable bonds is 6. The molecule has 1 aliphatic heterocycles. The first-order chi connectivity index (χ1) is 17.3. The van der Waals surface area contributed by atoms with Gasteiger partial charge < -0.3 is 15.2 Å². The van der Waals surface area contributed by atoms with Crippen LogP contribution in [0.15, 0.2) is 58.9 Å². The topological polar surface area (TPSA) is 101 Å². The molecule has 0 bridgehead atoms. The fraction of sp³-hybridized carbons (Fsp3) is 0.192. The van der Waals surface area contributed by atoms with Crippen LogP contribution in [0.5, 0.6) is 0 Å². The van der Waals surface area contributed by atoms with Crippen molar-refractivity contribution >= 4 is 40.7 Å². The van der Waals surface area contributed by atoms with Crippen LogP contribution >= 0.6 is 11.3 Å². The highest BCUT2D eigenvalue weighted by Crippen LogP contribution is 2.37. The Morgan fingerprint density at radius 1 is 0.944 bits per heavy atom. The van der Waals surface area contributed by atoms with E-state index in [-0.39, 0.29) is 39.4 Å². The minimum atomic E-state index is -1.07. The Kier molecular flexibility index (Phi) is 7.16. The zero-order chi connectivity index (χ0) is 26.0. The maximum atomic E-state index is 13.7. The molecule has 0 amide bonds.